The third-order valence-corrected chi connectivity index (χ3v) is 8.15. The summed E-state index contributed by atoms with van der Waals surface area (Å²) in [6, 6.07) is 18.8. The molecule has 0 saturated heterocycles. The Balaban J connectivity index is 1.16. The van der Waals surface area contributed by atoms with Crippen LogP contribution in [0.15, 0.2) is 60.8 Å². The van der Waals surface area contributed by atoms with Crippen molar-refractivity contribution in [3.8, 4) is 28.7 Å². The zero-order chi connectivity index (χ0) is 25.5. The molecule has 0 bridgehead atoms. The lowest BCUT2D eigenvalue weighted by molar-refractivity contribution is 0.139. The Kier molecular flexibility index (Phi) is 8.82. The minimum Gasteiger partial charge on any atom is -0.492 e. The molecule has 0 spiro atoms. The maximum atomic E-state index is 6.26. The van der Waals surface area contributed by atoms with Gasteiger partial charge in [-0.15, -0.1) is 0 Å². The van der Waals surface area contributed by atoms with E-state index in [-0.39, 0.29) is 0 Å². The van der Waals surface area contributed by atoms with Gasteiger partial charge in [-0.25, -0.2) is 4.98 Å². The van der Waals surface area contributed by atoms with Gasteiger partial charge in [0.15, 0.2) is 0 Å². The summed E-state index contributed by atoms with van der Waals surface area (Å²) in [6.45, 7) is 5.14. The van der Waals surface area contributed by atoms with Crippen LogP contribution in [0.25, 0.3) is 11.1 Å². The minimum atomic E-state index is 0.733. The molecule has 2 aliphatic carbocycles. The first-order chi connectivity index (χ1) is 18.1. The summed E-state index contributed by atoms with van der Waals surface area (Å²) >= 11 is 5.99. The Morgan fingerprint density at radius 1 is 0.892 bits per heavy atom. The highest BCUT2D eigenvalue weighted by molar-refractivity contribution is 6.30. The molecule has 0 aliphatic heterocycles. The van der Waals surface area contributed by atoms with Gasteiger partial charge >= 0.3 is 0 Å². The van der Waals surface area contributed by atoms with Crippen LogP contribution in [0.1, 0.15) is 68.2 Å². The third-order valence-electron chi connectivity index (χ3n) is 7.90. The highest BCUT2D eigenvalue weighted by Crippen LogP contribution is 2.30. The number of pyridine rings is 1. The van der Waals surface area contributed by atoms with E-state index in [1.54, 1.807) is 0 Å². The van der Waals surface area contributed by atoms with Gasteiger partial charge in [-0.2, -0.15) is 0 Å². The normalized spacial score (nSPS) is 16.2. The van der Waals surface area contributed by atoms with Crippen molar-refractivity contribution in [2.45, 2.75) is 64.3 Å². The fourth-order valence-electron chi connectivity index (χ4n) is 5.80. The molecule has 2 aromatic carbocycles. The number of nitrogens with zero attached hydrogens (tertiary/aromatic N) is 2. The van der Waals surface area contributed by atoms with Crippen LogP contribution in [0.4, 0.5) is 0 Å². The first-order valence-electron chi connectivity index (χ1n) is 13.9. The smallest absolute Gasteiger partial charge is 0.122 e. The molecular formula is C33H37ClN2O. The number of aryl methyl sites for hydroxylation is 1. The van der Waals surface area contributed by atoms with Crippen molar-refractivity contribution in [2.75, 3.05) is 19.7 Å². The third kappa shape index (κ3) is 7.16. The zero-order valence-corrected chi connectivity index (χ0v) is 22.6. The van der Waals surface area contributed by atoms with Crippen LogP contribution in [-0.2, 0) is 0 Å². The lowest BCUT2D eigenvalue weighted by Crippen LogP contribution is -2.39. The Morgan fingerprint density at radius 3 is 2.32 bits per heavy atom. The molecule has 37 heavy (non-hydrogen) atoms. The van der Waals surface area contributed by atoms with Crippen LogP contribution in [0, 0.1) is 24.7 Å². The average molecular weight is 513 g/mol. The van der Waals surface area contributed by atoms with Gasteiger partial charge in [-0.3, -0.25) is 4.90 Å². The molecule has 0 amide bonds. The number of hydrogen-bond donors (Lipinski definition) is 0. The Bertz CT molecular complexity index is 1210. The van der Waals surface area contributed by atoms with Gasteiger partial charge in [0.05, 0.1) is 0 Å². The summed E-state index contributed by atoms with van der Waals surface area (Å²) in [6.07, 6.45) is 13.0. The summed E-state index contributed by atoms with van der Waals surface area (Å²) in [5.74, 6) is 8.30. The topological polar surface area (TPSA) is 25.4 Å². The second-order valence-corrected chi connectivity index (χ2v) is 11.0. The maximum absolute atomic E-state index is 6.26. The second-order valence-electron chi connectivity index (χ2n) is 10.6. The molecular weight excluding hydrogens is 476 g/mol. The number of ether oxygens (including phenoxy) is 1. The molecule has 2 saturated carbocycles. The highest BCUT2D eigenvalue weighted by atomic mass is 35.5. The van der Waals surface area contributed by atoms with E-state index in [0.29, 0.717) is 0 Å². The maximum Gasteiger partial charge on any atom is 0.122 e. The molecule has 5 rings (SSSR count). The van der Waals surface area contributed by atoms with Crippen LogP contribution in [0.5, 0.6) is 5.75 Å². The molecule has 2 fully saturated rings. The first-order valence-corrected chi connectivity index (χ1v) is 14.2. The number of hydrogen-bond acceptors (Lipinski definition) is 3. The van der Waals surface area contributed by atoms with Crippen molar-refractivity contribution in [1.82, 2.24) is 9.88 Å². The molecule has 1 aromatic heterocycles. The van der Waals surface area contributed by atoms with E-state index in [0.717, 1.165) is 63.8 Å². The molecule has 4 heteroatoms. The van der Waals surface area contributed by atoms with E-state index in [4.69, 9.17) is 16.3 Å². The van der Waals surface area contributed by atoms with E-state index < -0.39 is 0 Å². The highest BCUT2D eigenvalue weighted by Gasteiger charge is 2.26. The van der Waals surface area contributed by atoms with Crippen LogP contribution in [-0.4, -0.2) is 35.6 Å². The lowest BCUT2D eigenvalue weighted by atomic mass is 10.1. The van der Waals surface area contributed by atoms with E-state index in [2.05, 4.69) is 40.8 Å². The molecule has 0 N–H and O–H groups in total. The Morgan fingerprint density at radius 2 is 1.62 bits per heavy atom. The second kappa shape index (κ2) is 12.6. The van der Waals surface area contributed by atoms with E-state index in [1.807, 2.05) is 48.7 Å². The average Bonchev–Trinajstić information content (AvgIpc) is 3.64. The van der Waals surface area contributed by atoms with Crippen molar-refractivity contribution in [3.05, 3.63) is 82.6 Å². The predicted octanol–water partition coefficient (Wildman–Crippen LogP) is 7.92. The molecule has 3 nitrogen and oxygen atoms in total. The number of aromatic nitrogens is 1. The van der Waals surface area contributed by atoms with Crippen LogP contribution in [0.3, 0.4) is 0 Å². The van der Waals surface area contributed by atoms with Crippen molar-refractivity contribution < 1.29 is 4.74 Å². The SMILES string of the molecule is Cc1cc(C#Cc2ccc(-c3ccc(Cl)cc3)cn2)ccc1OCCN(CC1CCCC1)C1CCCC1. The van der Waals surface area contributed by atoms with Crippen molar-refractivity contribution >= 4 is 11.6 Å². The number of rotatable bonds is 8. The zero-order valence-electron chi connectivity index (χ0n) is 21.9. The van der Waals surface area contributed by atoms with Crippen LogP contribution in [0.2, 0.25) is 5.02 Å². The Hall–Kier alpha value is -2.80. The molecule has 3 aromatic rings. The van der Waals surface area contributed by atoms with Gasteiger partial charge in [-0.1, -0.05) is 61.4 Å². The van der Waals surface area contributed by atoms with Crippen molar-refractivity contribution in [1.29, 1.82) is 0 Å². The summed E-state index contributed by atoms with van der Waals surface area (Å²) in [5, 5.41) is 0.733. The van der Waals surface area contributed by atoms with Crippen LogP contribution >= 0.6 is 11.6 Å². The fraction of sp³-hybridized carbons (Fsp3) is 0.424. The van der Waals surface area contributed by atoms with Gasteiger partial charge in [0.2, 0.25) is 0 Å². The summed E-state index contributed by atoms with van der Waals surface area (Å²) in [4.78, 5) is 7.26. The van der Waals surface area contributed by atoms with Crippen molar-refractivity contribution in [2.24, 2.45) is 5.92 Å². The largest absolute Gasteiger partial charge is 0.492 e. The van der Waals surface area contributed by atoms with Gasteiger partial charge < -0.3 is 4.74 Å². The quantitative estimate of drug-likeness (QED) is 0.286. The summed E-state index contributed by atoms with van der Waals surface area (Å²) in [5.41, 5.74) is 5.00. The lowest BCUT2D eigenvalue weighted by Gasteiger charge is -2.31. The first kappa shape index (κ1) is 25.8. The monoisotopic (exact) mass is 512 g/mol. The Labute approximate surface area is 227 Å². The molecule has 1 heterocycles. The van der Waals surface area contributed by atoms with Gasteiger partial charge in [0, 0.05) is 41.5 Å². The predicted molar refractivity (Wildman–Crippen MR) is 153 cm³/mol. The molecule has 0 unspecified atom stereocenters. The summed E-state index contributed by atoms with van der Waals surface area (Å²) < 4.78 is 6.26. The number of halogens is 1. The standard InChI is InChI=1S/C33H37ClN2O/c1-25-22-26(10-17-31-18-14-29(23-35-31)28-12-15-30(34)16-13-28)11-19-33(25)37-21-20-36(32-8-4-5-9-32)24-27-6-2-3-7-27/h11-16,18-19,22-23,27,32H,2-9,20-21,24H2,1H3. The number of benzene rings is 2. The van der Waals surface area contributed by atoms with Gasteiger partial charge in [0.25, 0.3) is 0 Å². The van der Waals surface area contributed by atoms with E-state index in [9.17, 15) is 0 Å². The summed E-state index contributed by atoms with van der Waals surface area (Å²) in [7, 11) is 0. The van der Waals surface area contributed by atoms with E-state index >= 15 is 0 Å². The fourth-order valence-corrected chi connectivity index (χ4v) is 5.92. The molecule has 0 radical (unpaired) electrons. The van der Waals surface area contributed by atoms with Crippen molar-refractivity contribution in [3.63, 3.8) is 0 Å². The molecule has 0 atom stereocenters. The van der Waals surface area contributed by atoms with Gasteiger partial charge in [0.1, 0.15) is 18.1 Å². The minimum absolute atomic E-state index is 0.733. The van der Waals surface area contributed by atoms with E-state index in [1.165, 1.54) is 57.9 Å². The molecule has 192 valence electrons. The van der Waals surface area contributed by atoms with Gasteiger partial charge in [-0.05, 0) is 92.0 Å². The molecule has 2 aliphatic rings. The van der Waals surface area contributed by atoms with Crippen LogP contribution < -0.4 is 4.74 Å².